The molecule has 1 nitrogen and oxygen atoms in total. The molecule has 0 amide bonds. The van der Waals surface area contributed by atoms with Crippen molar-refractivity contribution >= 4 is 0 Å². The van der Waals surface area contributed by atoms with Crippen molar-refractivity contribution in [3.05, 3.63) is 11.9 Å². The highest BCUT2D eigenvalue weighted by Gasteiger charge is 2.22. The number of hydrogen-bond acceptors (Lipinski definition) is 1. The zero-order valence-corrected chi connectivity index (χ0v) is 5.73. The molecule has 1 rings (SSSR count). The van der Waals surface area contributed by atoms with Gasteiger partial charge in [-0.2, -0.15) is 0 Å². The van der Waals surface area contributed by atoms with E-state index in [1.807, 2.05) is 13.8 Å². The lowest BCUT2D eigenvalue weighted by atomic mass is 10.2. The Morgan fingerprint density at radius 3 is 2.67 bits per heavy atom. The van der Waals surface area contributed by atoms with Crippen molar-refractivity contribution in [2.24, 2.45) is 0 Å². The minimum Gasteiger partial charge on any atom is -0.364 e. The van der Waals surface area contributed by atoms with Crippen LogP contribution in [0.4, 0.5) is 4.39 Å². The van der Waals surface area contributed by atoms with Crippen molar-refractivity contribution in [3.8, 4) is 0 Å². The van der Waals surface area contributed by atoms with Gasteiger partial charge in [0.05, 0.1) is 6.10 Å². The summed E-state index contributed by atoms with van der Waals surface area (Å²) in [4.78, 5) is 0. The average Bonchev–Trinajstić information content (AvgIpc) is 2.10. The molecule has 0 aromatic rings. The van der Waals surface area contributed by atoms with Crippen LogP contribution in [-0.2, 0) is 4.74 Å². The maximum Gasteiger partial charge on any atom is 0.127 e. The molecule has 0 aromatic heterocycles. The number of rotatable bonds is 1. The molecule has 52 valence electrons. The molecule has 0 fully saturated rings. The molecule has 2 heteroatoms. The van der Waals surface area contributed by atoms with E-state index < -0.39 is 0 Å². The fourth-order valence-corrected chi connectivity index (χ4v) is 0.986. The first-order valence-electron chi connectivity index (χ1n) is 3.26. The normalized spacial score (nSPS) is 34.8. The molecular weight excluding hydrogens is 119 g/mol. The first-order valence-corrected chi connectivity index (χ1v) is 3.26. The van der Waals surface area contributed by atoms with Gasteiger partial charge in [0.15, 0.2) is 0 Å². The van der Waals surface area contributed by atoms with Gasteiger partial charge in [0, 0.05) is 0 Å². The number of hydrogen-bond donors (Lipinski definition) is 0. The maximum atomic E-state index is 12.6. The summed E-state index contributed by atoms with van der Waals surface area (Å²) >= 11 is 0. The first-order chi connectivity index (χ1) is 4.24. The van der Waals surface area contributed by atoms with Crippen molar-refractivity contribution in [2.75, 3.05) is 0 Å². The largest absolute Gasteiger partial charge is 0.364 e. The molecule has 0 saturated carbocycles. The molecule has 0 bridgehead atoms. The average molecular weight is 130 g/mol. The van der Waals surface area contributed by atoms with E-state index in [9.17, 15) is 4.39 Å². The molecule has 1 aliphatic rings. The standard InChI is InChI=1S/C7H11FO/c1-3-7-6(8)4-5(2)9-7/h4-5,7H,3H2,1-2H3. The lowest BCUT2D eigenvalue weighted by Gasteiger charge is -2.07. The Kier molecular flexibility index (Phi) is 1.86. The summed E-state index contributed by atoms with van der Waals surface area (Å²) in [5.41, 5.74) is 0. The third-order valence-electron chi connectivity index (χ3n) is 1.45. The minimum atomic E-state index is -0.264. The van der Waals surface area contributed by atoms with Crippen LogP contribution in [0.5, 0.6) is 0 Å². The molecule has 0 spiro atoms. The Balaban J connectivity index is 2.53. The second-order valence-corrected chi connectivity index (χ2v) is 2.29. The second-order valence-electron chi connectivity index (χ2n) is 2.29. The summed E-state index contributed by atoms with van der Waals surface area (Å²) in [5, 5.41) is 0. The topological polar surface area (TPSA) is 9.23 Å². The monoisotopic (exact) mass is 130 g/mol. The molecule has 0 radical (unpaired) electrons. The van der Waals surface area contributed by atoms with Gasteiger partial charge in [-0.1, -0.05) is 6.92 Å². The highest BCUT2D eigenvalue weighted by atomic mass is 19.1. The van der Waals surface area contributed by atoms with Crippen LogP contribution in [0, 0.1) is 0 Å². The quantitative estimate of drug-likeness (QED) is 0.527. The molecule has 0 saturated heterocycles. The van der Waals surface area contributed by atoms with E-state index in [1.165, 1.54) is 6.08 Å². The Hall–Kier alpha value is -0.370. The SMILES string of the molecule is CCC1OC(C)C=C1F. The van der Waals surface area contributed by atoms with E-state index >= 15 is 0 Å². The summed E-state index contributed by atoms with van der Waals surface area (Å²) in [5.74, 6) is -0.106. The van der Waals surface area contributed by atoms with Gasteiger partial charge in [0.2, 0.25) is 0 Å². The van der Waals surface area contributed by atoms with E-state index in [0.29, 0.717) is 0 Å². The van der Waals surface area contributed by atoms with Crippen LogP contribution < -0.4 is 0 Å². The number of halogens is 1. The van der Waals surface area contributed by atoms with Crippen molar-refractivity contribution in [2.45, 2.75) is 32.5 Å². The fourth-order valence-electron chi connectivity index (χ4n) is 0.986. The zero-order chi connectivity index (χ0) is 6.85. The van der Waals surface area contributed by atoms with Crippen molar-refractivity contribution in [1.82, 2.24) is 0 Å². The minimum absolute atomic E-state index is 0.0325. The van der Waals surface area contributed by atoms with Crippen LogP contribution in [0.15, 0.2) is 11.9 Å². The summed E-state index contributed by atoms with van der Waals surface area (Å²) in [6, 6.07) is 0. The highest BCUT2D eigenvalue weighted by Crippen LogP contribution is 2.22. The molecule has 9 heavy (non-hydrogen) atoms. The van der Waals surface area contributed by atoms with Gasteiger partial charge in [0.25, 0.3) is 0 Å². The first kappa shape index (κ1) is 6.75. The van der Waals surface area contributed by atoms with E-state index in [2.05, 4.69) is 0 Å². The van der Waals surface area contributed by atoms with Gasteiger partial charge in [-0.05, 0) is 19.4 Å². The van der Waals surface area contributed by atoms with Gasteiger partial charge < -0.3 is 4.74 Å². The van der Waals surface area contributed by atoms with Crippen LogP contribution in [0.1, 0.15) is 20.3 Å². The lowest BCUT2D eigenvalue weighted by molar-refractivity contribution is 0.0561. The predicted octanol–water partition coefficient (Wildman–Crippen LogP) is 2.04. The zero-order valence-electron chi connectivity index (χ0n) is 5.73. The molecule has 0 N–H and O–H groups in total. The smallest absolute Gasteiger partial charge is 0.127 e. The molecule has 0 aromatic carbocycles. The van der Waals surface area contributed by atoms with Gasteiger partial charge in [0.1, 0.15) is 11.9 Å². The van der Waals surface area contributed by atoms with Crippen LogP contribution in [0.25, 0.3) is 0 Å². The predicted molar refractivity (Wildman–Crippen MR) is 33.8 cm³/mol. The summed E-state index contributed by atoms with van der Waals surface area (Å²) in [6.07, 6.45) is 1.95. The van der Waals surface area contributed by atoms with Gasteiger partial charge >= 0.3 is 0 Å². The molecule has 2 unspecified atom stereocenters. The summed E-state index contributed by atoms with van der Waals surface area (Å²) in [6.45, 7) is 3.76. The van der Waals surface area contributed by atoms with Crippen LogP contribution in [-0.4, -0.2) is 12.2 Å². The lowest BCUT2D eigenvalue weighted by Crippen LogP contribution is -2.09. The highest BCUT2D eigenvalue weighted by molar-refractivity contribution is 5.07. The van der Waals surface area contributed by atoms with E-state index in [0.717, 1.165) is 6.42 Å². The van der Waals surface area contributed by atoms with E-state index in [1.54, 1.807) is 0 Å². The van der Waals surface area contributed by atoms with Gasteiger partial charge in [-0.3, -0.25) is 0 Å². The molecule has 1 heterocycles. The molecule has 0 aliphatic carbocycles. The van der Waals surface area contributed by atoms with E-state index in [-0.39, 0.29) is 18.0 Å². The van der Waals surface area contributed by atoms with Crippen molar-refractivity contribution in [3.63, 3.8) is 0 Å². The molecular formula is C7H11FO. The van der Waals surface area contributed by atoms with Crippen molar-refractivity contribution in [1.29, 1.82) is 0 Å². The Morgan fingerprint density at radius 2 is 2.44 bits per heavy atom. The summed E-state index contributed by atoms with van der Waals surface area (Å²) < 4.78 is 17.7. The second kappa shape index (κ2) is 2.48. The Bertz CT molecular complexity index is 131. The van der Waals surface area contributed by atoms with Crippen molar-refractivity contribution < 1.29 is 9.13 Å². The Morgan fingerprint density at radius 1 is 1.78 bits per heavy atom. The maximum absolute atomic E-state index is 12.6. The Labute approximate surface area is 54.5 Å². The molecule has 2 atom stereocenters. The van der Waals surface area contributed by atoms with E-state index in [4.69, 9.17) is 4.74 Å². The van der Waals surface area contributed by atoms with Gasteiger partial charge in [-0.15, -0.1) is 0 Å². The fraction of sp³-hybridized carbons (Fsp3) is 0.714. The van der Waals surface area contributed by atoms with Crippen LogP contribution in [0.3, 0.4) is 0 Å². The third kappa shape index (κ3) is 1.30. The van der Waals surface area contributed by atoms with Gasteiger partial charge in [-0.25, -0.2) is 4.39 Å². The molecule has 1 aliphatic heterocycles. The third-order valence-corrected chi connectivity index (χ3v) is 1.45. The van der Waals surface area contributed by atoms with Crippen LogP contribution in [0.2, 0.25) is 0 Å². The van der Waals surface area contributed by atoms with Crippen LogP contribution >= 0.6 is 0 Å². The summed E-state index contributed by atoms with van der Waals surface area (Å²) in [7, 11) is 0. The number of ether oxygens (including phenoxy) is 1.